The number of rotatable bonds is 3. The number of fused-ring (bicyclic) bond motifs is 3. The molecule has 3 aromatic heterocycles. The zero-order valence-electron chi connectivity index (χ0n) is 14.8. The van der Waals surface area contributed by atoms with Gasteiger partial charge in [0, 0.05) is 17.3 Å². The third-order valence-corrected chi connectivity index (χ3v) is 4.95. The Bertz CT molecular complexity index is 1370. The van der Waals surface area contributed by atoms with Crippen LogP contribution in [0.25, 0.3) is 28.2 Å². The first-order valence-corrected chi connectivity index (χ1v) is 9.25. The number of aromatic nitrogens is 4. The Hall–Kier alpha value is -3.44. The predicted molar refractivity (Wildman–Crippen MR) is 111 cm³/mol. The van der Waals surface area contributed by atoms with E-state index in [4.69, 9.17) is 16.6 Å². The van der Waals surface area contributed by atoms with Crippen LogP contribution in [0, 0.1) is 0 Å². The Morgan fingerprint density at radius 2 is 1.68 bits per heavy atom. The van der Waals surface area contributed by atoms with Crippen LogP contribution >= 0.6 is 11.6 Å². The van der Waals surface area contributed by atoms with Gasteiger partial charge >= 0.3 is 0 Å². The SMILES string of the molecule is O=c1cc(-c2ccccn2)nc2n(Cc3cccc(Cl)c3)c3ccccc3n12. The molecule has 3 heterocycles. The van der Waals surface area contributed by atoms with Crippen molar-refractivity contribution in [1.29, 1.82) is 0 Å². The maximum absolute atomic E-state index is 13.0. The fourth-order valence-corrected chi connectivity index (χ4v) is 3.70. The topological polar surface area (TPSA) is 52.2 Å². The molecular weight excluding hydrogens is 372 g/mol. The second kappa shape index (κ2) is 6.62. The smallest absolute Gasteiger partial charge is 0.260 e. The summed E-state index contributed by atoms with van der Waals surface area (Å²) in [6.45, 7) is 0.551. The quantitative estimate of drug-likeness (QED) is 0.461. The fraction of sp³-hybridized carbons (Fsp3) is 0.0455. The van der Waals surface area contributed by atoms with E-state index in [0.29, 0.717) is 28.7 Å². The molecule has 6 heteroatoms. The van der Waals surface area contributed by atoms with Crippen molar-refractivity contribution in [2.24, 2.45) is 0 Å². The lowest BCUT2D eigenvalue weighted by molar-refractivity contribution is 0.834. The van der Waals surface area contributed by atoms with Crippen molar-refractivity contribution < 1.29 is 0 Å². The van der Waals surface area contributed by atoms with E-state index < -0.39 is 0 Å². The van der Waals surface area contributed by atoms with Crippen LogP contribution in [0.4, 0.5) is 0 Å². The second-order valence-electron chi connectivity index (χ2n) is 6.53. The highest BCUT2D eigenvalue weighted by Crippen LogP contribution is 2.23. The van der Waals surface area contributed by atoms with Crippen molar-refractivity contribution in [3.8, 4) is 11.4 Å². The fourth-order valence-electron chi connectivity index (χ4n) is 3.49. The molecule has 0 aliphatic rings. The molecule has 0 fully saturated rings. The molecule has 0 aliphatic carbocycles. The molecule has 136 valence electrons. The summed E-state index contributed by atoms with van der Waals surface area (Å²) in [7, 11) is 0. The lowest BCUT2D eigenvalue weighted by Gasteiger charge is -2.07. The zero-order chi connectivity index (χ0) is 19.1. The average molecular weight is 387 g/mol. The van der Waals surface area contributed by atoms with Gasteiger partial charge in [-0.25, -0.2) is 9.38 Å². The summed E-state index contributed by atoms with van der Waals surface area (Å²) in [6.07, 6.45) is 1.69. The summed E-state index contributed by atoms with van der Waals surface area (Å²) in [5, 5.41) is 0.678. The van der Waals surface area contributed by atoms with Gasteiger partial charge in [0.2, 0.25) is 5.78 Å². The van der Waals surface area contributed by atoms with Crippen molar-refractivity contribution in [3.63, 3.8) is 0 Å². The van der Waals surface area contributed by atoms with E-state index >= 15 is 0 Å². The Kier molecular flexibility index (Phi) is 3.95. The summed E-state index contributed by atoms with van der Waals surface area (Å²) in [5.74, 6) is 0.578. The number of para-hydroxylation sites is 2. The Morgan fingerprint density at radius 1 is 0.857 bits per heavy atom. The van der Waals surface area contributed by atoms with E-state index in [9.17, 15) is 4.79 Å². The third-order valence-electron chi connectivity index (χ3n) is 4.71. The van der Waals surface area contributed by atoms with Crippen LogP contribution in [-0.2, 0) is 6.54 Å². The van der Waals surface area contributed by atoms with Gasteiger partial charge in [0.1, 0.15) is 0 Å². The highest BCUT2D eigenvalue weighted by molar-refractivity contribution is 6.30. The Balaban J connectivity index is 1.81. The molecule has 0 amide bonds. The minimum atomic E-state index is -0.133. The van der Waals surface area contributed by atoms with E-state index in [2.05, 4.69) is 4.98 Å². The van der Waals surface area contributed by atoms with E-state index in [1.165, 1.54) is 6.07 Å². The van der Waals surface area contributed by atoms with E-state index in [1.54, 1.807) is 10.6 Å². The molecule has 5 rings (SSSR count). The Labute approximate surface area is 165 Å². The van der Waals surface area contributed by atoms with E-state index in [1.807, 2.05) is 71.3 Å². The van der Waals surface area contributed by atoms with Crippen LogP contribution in [0.5, 0.6) is 0 Å². The lowest BCUT2D eigenvalue weighted by Crippen LogP contribution is -2.15. The summed E-state index contributed by atoms with van der Waals surface area (Å²) in [4.78, 5) is 22.1. The van der Waals surface area contributed by atoms with Crippen molar-refractivity contribution >= 4 is 28.4 Å². The van der Waals surface area contributed by atoms with Crippen molar-refractivity contribution in [2.75, 3.05) is 0 Å². The first kappa shape index (κ1) is 16.7. The molecule has 2 aromatic carbocycles. The van der Waals surface area contributed by atoms with Gasteiger partial charge < -0.3 is 4.57 Å². The van der Waals surface area contributed by atoms with Crippen LogP contribution in [0.1, 0.15) is 5.56 Å². The number of pyridine rings is 1. The van der Waals surface area contributed by atoms with Crippen molar-refractivity contribution in [2.45, 2.75) is 6.54 Å². The molecule has 0 saturated carbocycles. The molecule has 0 unspecified atom stereocenters. The molecule has 0 atom stereocenters. The Morgan fingerprint density at radius 3 is 2.46 bits per heavy atom. The number of nitrogens with zero attached hydrogens (tertiary/aromatic N) is 4. The first-order valence-electron chi connectivity index (χ1n) is 8.87. The largest absolute Gasteiger partial charge is 0.305 e. The van der Waals surface area contributed by atoms with Crippen LogP contribution in [0.3, 0.4) is 0 Å². The number of imidazole rings is 1. The standard InChI is InChI=1S/C22H15ClN4O/c23-16-7-5-6-15(12-16)14-26-19-9-1-2-10-20(19)27-21(28)13-18(25-22(26)27)17-8-3-4-11-24-17/h1-13H,14H2. The molecule has 5 nitrogen and oxygen atoms in total. The molecule has 0 aliphatic heterocycles. The second-order valence-corrected chi connectivity index (χ2v) is 6.97. The number of halogens is 1. The normalized spacial score (nSPS) is 11.3. The first-order chi connectivity index (χ1) is 13.7. The van der Waals surface area contributed by atoms with Gasteiger partial charge in [-0.2, -0.15) is 0 Å². The summed E-state index contributed by atoms with van der Waals surface area (Å²) in [5.41, 5.74) is 3.89. The molecule has 0 N–H and O–H groups in total. The molecule has 0 saturated heterocycles. The number of hydrogen-bond acceptors (Lipinski definition) is 3. The summed E-state index contributed by atoms with van der Waals surface area (Å²) in [6, 6.07) is 22.6. The van der Waals surface area contributed by atoms with Gasteiger partial charge in [-0.15, -0.1) is 0 Å². The van der Waals surface area contributed by atoms with Gasteiger partial charge in [0.15, 0.2) is 0 Å². The molecule has 0 radical (unpaired) electrons. The van der Waals surface area contributed by atoms with Crippen LogP contribution in [-0.4, -0.2) is 18.9 Å². The highest BCUT2D eigenvalue weighted by atomic mass is 35.5. The van der Waals surface area contributed by atoms with E-state index in [0.717, 1.165) is 16.6 Å². The van der Waals surface area contributed by atoms with Gasteiger partial charge in [-0.05, 0) is 42.0 Å². The third kappa shape index (κ3) is 2.77. The zero-order valence-corrected chi connectivity index (χ0v) is 15.5. The minimum absolute atomic E-state index is 0.133. The molecule has 5 aromatic rings. The molecular formula is C22H15ClN4O. The van der Waals surface area contributed by atoms with Crippen molar-refractivity contribution in [1.82, 2.24) is 18.9 Å². The maximum Gasteiger partial charge on any atom is 0.260 e. The summed E-state index contributed by atoms with van der Waals surface area (Å²) < 4.78 is 3.68. The lowest BCUT2D eigenvalue weighted by atomic mass is 10.2. The van der Waals surface area contributed by atoms with Crippen LogP contribution < -0.4 is 5.56 Å². The van der Waals surface area contributed by atoms with E-state index in [-0.39, 0.29) is 5.56 Å². The van der Waals surface area contributed by atoms with Gasteiger partial charge in [-0.3, -0.25) is 9.78 Å². The number of benzene rings is 2. The maximum atomic E-state index is 13.0. The molecule has 28 heavy (non-hydrogen) atoms. The van der Waals surface area contributed by atoms with Gasteiger partial charge in [0.25, 0.3) is 5.56 Å². The average Bonchev–Trinajstić information content (AvgIpc) is 3.03. The van der Waals surface area contributed by atoms with Crippen LogP contribution in [0.15, 0.2) is 83.8 Å². The van der Waals surface area contributed by atoms with Crippen LogP contribution in [0.2, 0.25) is 5.02 Å². The number of hydrogen-bond donors (Lipinski definition) is 0. The molecule has 0 spiro atoms. The summed E-state index contributed by atoms with van der Waals surface area (Å²) >= 11 is 6.16. The predicted octanol–water partition coefficient (Wildman–Crippen LogP) is 4.41. The van der Waals surface area contributed by atoms with Crippen molar-refractivity contribution in [3.05, 3.63) is 99.9 Å². The van der Waals surface area contributed by atoms with Gasteiger partial charge in [0.05, 0.1) is 29.0 Å². The van der Waals surface area contributed by atoms with Gasteiger partial charge in [-0.1, -0.05) is 41.9 Å². The highest BCUT2D eigenvalue weighted by Gasteiger charge is 2.15. The molecule has 0 bridgehead atoms. The minimum Gasteiger partial charge on any atom is -0.305 e. The monoisotopic (exact) mass is 386 g/mol.